The van der Waals surface area contributed by atoms with Crippen molar-refractivity contribution in [3.8, 4) is 0 Å². The molecule has 1 aliphatic heterocycles. The zero-order chi connectivity index (χ0) is 23.4. The van der Waals surface area contributed by atoms with Crippen LogP contribution in [0.25, 0.3) is 12.2 Å². The van der Waals surface area contributed by atoms with Crippen molar-refractivity contribution >= 4 is 39.7 Å². The molecule has 0 atom stereocenters. The fourth-order valence-electron chi connectivity index (χ4n) is 3.48. The number of carbonyl (C=O) groups is 1. The summed E-state index contributed by atoms with van der Waals surface area (Å²) in [4.78, 5) is 22.0. The number of aryl methyl sites for hydroxylation is 1. The molecule has 0 saturated carbocycles. The maximum atomic E-state index is 13.1. The van der Waals surface area contributed by atoms with E-state index in [1.165, 1.54) is 11.2 Å². The van der Waals surface area contributed by atoms with Gasteiger partial charge in [-0.25, -0.2) is 18.4 Å². The Morgan fingerprint density at radius 3 is 2.36 bits per heavy atom. The number of aromatic nitrogens is 3. The molecule has 0 aliphatic carbocycles. The van der Waals surface area contributed by atoms with Crippen LogP contribution in [0.4, 0.5) is 11.6 Å². The zero-order valence-electron chi connectivity index (χ0n) is 18.3. The summed E-state index contributed by atoms with van der Waals surface area (Å²) in [7, 11) is -3.60. The summed E-state index contributed by atoms with van der Waals surface area (Å²) in [5, 5.41) is 6.56. The van der Waals surface area contributed by atoms with E-state index in [0.29, 0.717) is 49.3 Å². The number of nitrogens with zero attached hydrogens (tertiary/aromatic N) is 5. The monoisotopic (exact) mass is 468 g/mol. The van der Waals surface area contributed by atoms with Gasteiger partial charge in [-0.15, -0.1) is 0 Å². The molecule has 3 aromatic rings. The summed E-state index contributed by atoms with van der Waals surface area (Å²) in [5.74, 6) is 0.802. The molecule has 1 fully saturated rings. The fourth-order valence-corrected chi connectivity index (χ4v) is 4.91. The van der Waals surface area contributed by atoms with Crippen molar-refractivity contribution in [3.63, 3.8) is 0 Å². The average Bonchev–Trinajstić information content (AvgIpc) is 3.17. The molecule has 33 heavy (non-hydrogen) atoms. The summed E-state index contributed by atoms with van der Waals surface area (Å²) >= 11 is 0. The van der Waals surface area contributed by atoms with Gasteiger partial charge in [-0.2, -0.15) is 4.31 Å². The Balaban J connectivity index is 1.43. The van der Waals surface area contributed by atoms with Gasteiger partial charge in [0.2, 0.25) is 21.9 Å². The van der Waals surface area contributed by atoms with Crippen LogP contribution in [0.1, 0.15) is 23.9 Å². The van der Waals surface area contributed by atoms with E-state index in [-0.39, 0.29) is 10.8 Å². The number of piperazine rings is 1. The molecular formula is C22H24N6O4S. The molecule has 0 unspecified atom stereocenters. The Hall–Kier alpha value is -3.57. The molecule has 1 saturated heterocycles. The molecule has 11 heteroatoms. The van der Waals surface area contributed by atoms with E-state index in [9.17, 15) is 13.2 Å². The highest BCUT2D eigenvalue weighted by atomic mass is 32.2. The second kappa shape index (κ2) is 9.51. The van der Waals surface area contributed by atoms with E-state index in [2.05, 4.69) is 20.4 Å². The normalized spacial score (nSPS) is 15.2. The number of hydrogen-bond acceptors (Lipinski definition) is 8. The predicted octanol–water partition coefficient (Wildman–Crippen LogP) is 2.41. The molecular weight excluding hydrogens is 444 g/mol. The van der Waals surface area contributed by atoms with Gasteiger partial charge in [-0.05, 0) is 36.8 Å². The SMILES string of the molecule is CC(=O)Nc1c(C)noc1C=Cc1ccc(S(=O)(=O)N2CCN(c3ncccn3)CC2)cc1. The van der Waals surface area contributed by atoms with Crippen molar-refractivity contribution in [3.05, 3.63) is 59.7 Å². The summed E-state index contributed by atoms with van der Waals surface area (Å²) in [6.07, 6.45) is 6.79. The van der Waals surface area contributed by atoms with Gasteiger partial charge in [0.05, 0.1) is 4.90 Å². The minimum atomic E-state index is -3.60. The first kappa shape index (κ1) is 22.6. The van der Waals surface area contributed by atoms with Gasteiger partial charge < -0.3 is 14.7 Å². The molecule has 0 radical (unpaired) electrons. The summed E-state index contributed by atoms with van der Waals surface area (Å²) in [5.41, 5.74) is 1.87. The van der Waals surface area contributed by atoms with Crippen molar-refractivity contribution in [2.75, 3.05) is 36.4 Å². The Morgan fingerprint density at radius 1 is 1.06 bits per heavy atom. The van der Waals surface area contributed by atoms with Crippen LogP contribution >= 0.6 is 0 Å². The number of hydrogen-bond donors (Lipinski definition) is 1. The minimum absolute atomic E-state index is 0.220. The molecule has 3 heterocycles. The molecule has 1 aromatic carbocycles. The van der Waals surface area contributed by atoms with Crippen LogP contribution < -0.4 is 10.2 Å². The second-order valence-corrected chi connectivity index (χ2v) is 9.47. The quantitative estimate of drug-likeness (QED) is 0.585. The lowest BCUT2D eigenvalue weighted by Crippen LogP contribution is -2.49. The molecule has 10 nitrogen and oxygen atoms in total. The third kappa shape index (κ3) is 5.10. The fraction of sp³-hybridized carbons (Fsp3) is 0.273. The van der Waals surface area contributed by atoms with Crippen LogP contribution in [0.5, 0.6) is 0 Å². The van der Waals surface area contributed by atoms with Crippen LogP contribution in [0.2, 0.25) is 0 Å². The van der Waals surface area contributed by atoms with Gasteiger partial charge in [0.1, 0.15) is 11.4 Å². The maximum Gasteiger partial charge on any atom is 0.243 e. The zero-order valence-corrected chi connectivity index (χ0v) is 19.1. The average molecular weight is 469 g/mol. The van der Waals surface area contributed by atoms with E-state index in [1.54, 1.807) is 61.8 Å². The maximum absolute atomic E-state index is 13.1. The van der Waals surface area contributed by atoms with Crippen LogP contribution in [-0.2, 0) is 14.8 Å². The molecule has 2 aromatic heterocycles. The lowest BCUT2D eigenvalue weighted by molar-refractivity contribution is -0.114. The van der Waals surface area contributed by atoms with Gasteiger partial charge in [0, 0.05) is 45.5 Å². The lowest BCUT2D eigenvalue weighted by atomic mass is 10.2. The summed E-state index contributed by atoms with van der Waals surface area (Å²) in [6.45, 7) is 4.92. The van der Waals surface area contributed by atoms with Crippen molar-refractivity contribution in [2.45, 2.75) is 18.7 Å². The Labute approximate surface area is 192 Å². The lowest BCUT2D eigenvalue weighted by Gasteiger charge is -2.33. The van der Waals surface area contributed by atoms with E-state index < -0.39 is 10.0 Å². The predicted molar refractivity (Wildman–Crippen MR) is 124 cm³/mol. The van der Waals surface area contributed by atoms with Crippen molar-refractivity contribution in [1.82, 2.24) is 19.4 Å². The number of carbonyl (C=O) groups excluding carboxylic acids is 1. The highest BCUT2D eigenvalue weighted by Crippen LogP contribution is 2.24. The Bertz CT molecular complexity index is 1250. The summed E-state index contributed by atoms with van der Waals surface area (Å²) < 4.78 is 32.9. The van der Waals surface area contributed by atoms with E-state index in [4.69, 9.17) is 4.52 Å². The van der Waals surface area contributed by atoms with Gasteiger partial charge >= 0.3 is 0 Å². The Morgan fingerprint density at radius 2 is 1.73 bits per heavy atom. The number of rotatable bonds is 6. The number of sulfonamides is 1. The second-order valence-electron chi connectivity index (χ2n) is 7.53. The van der Waals surface area contributed by atoms with Crippen molar-refractivity contribution in [1.29, 1.82) is 0 Å². The van der Waals surface area contributed by atoms with Crippen LogP contribution in [-0.4, -0.2) is 59.9 Å². The third-order valence-electron chi connectivity index (χ3n) is 5.21. The van der Waals surface area contributed by atoms with Crippen LogP contribution in [0.15, 0.2) is 52.1 Å². The van der Waals surface area contributed by atoms with Gasteiger partial charge in [0.15, 0.2) is 5.76 Å². The van der Waals surface area contributed by atoms with E-state index in [0.717, 1.165) is 5.56 Å². The molecule has 4 rings (SSSR count). The number of amides is 1. The first-order valence-corrected chi connectivity index (χ1v) is 11.8. The summed E-state index contributed by atoms with van der Waals surface area (Å²) in [6, 6.07) is 8.36. The van der Waals surface area contributed by atoms with Crippen molar-refractivity contribution in [2.24, 2.45) is 0 Å². The Kier molecular flexibility index (Phi) is 6.52. The molecule has 0 spiro atoms. The highest BCUT2D eigenvalue weighted by Gasteiger charge is 2.29. The minimum Gasteiger partial charge on any atom is -0.354 e. The van der Waals surface area contributed by atoms with Crippen molar-refractivity contribution < 1.29 is 17.7 Å². The first-order chi connectivity index (χ1) is 15.8. The molecule has 172 valence electrons. The molecule has 1 aliphatic rings. The topological polar surface area (TPSA) is 122 Å². The number of anilines is 2. The molecule has 0 bridgehead atoms. The molecule has 1 amide bonds. The van der Waals surface area contributed by atoms with Gasteiger partial charge in [0.25, 0.3) is 0 Å². The van der Waals surface area contributed by atoms with Gasteiger partial charge in [-0.1, -0.05) is 23.4 Å². The van der Waals surface area contributed by atoms with Gasteiger partial charge in [-0.3, -0.25) is 4.79 Å². The smallest absolute Gasteiger partial charge is 0.243 e. The number of benzene rings is 1. The standard InChI is InChI=1S/C22H24N6O4S/c1-16-21(25-17(2)29)20(32-26-16)9-6-18-4-7-19(8-5-18)33(30,31)28-14-12-27(13-15-28)22-23-10-3-11-24-22/h3-11H,12-15H2,1-2H3,(H,25,29). The highest BCUT2D eigenvalue weighted by molar-refractivity contribution is 7.89. The van der Waals surface area contributed by atoms with Crippen LogP contribution in [0, 0.1) is 6.92 Å². The van der Waals surface area contributed by atoms with E-state index >= 15 is 0 Å². The third-order valence-corrected chi connectivity index (χ3v) is 7.12. The van der Waals surface area contributed by atoms with Crippen LogP contribution in [0.3, 0.4) is 0 Å². The van der Waals surface area contributed by atoms with E-state index in [1.807, 2.05) is 4.90 Å². The first-order valence-electron chi connectivity index (χ1n) is 10.4. The number of nitrogens with one attached hydrogen (secondary N) is 1. The largest absolute Gasteiger partial charge is 0.354 e. The molecule has 1 N–H and O–H groups in total.